The summed E-state index contributed by atoms with van der Waals surface area (Å²) in [6.45, 7) is 0.347. The molecule has 0 aliphatic heterocycles. The number of rotatable bonds is 5. The molecule has 0 radical (unpaired) electrons. The van der Waals surface area contributed by atoms with Gasteiger partial charge in [-0.05, 0) is 35.4 Å². The average Bonchev–Trinajstić information content (AvgIpc) is 2.48. The number of aliphatic hydroxyl groups excluding tert-OH is 1. The van der Waals surface area contributed by atoms with E-state index in [-0.39, 0.29) is 5.92 Å². The molecule has 2 atom stereocenters. The number of halogens is 1. The summed E-state index contributed by atoms with van der Waals surface area (Å²) in [5, 5.41) is 11.1. The Morgan fingerprint density at radius 3 is 2.40 bits per heavy atom. The molecule has 2 aromatic rings. The minimum atomic E-state index is -0.688. The Bertz CT molecular complexity index is 557. The summed E-state index contributed by atoms with van der Waals surface area (Å²) < 4.78 is 5.13. The second-order valence-electron chi connectivity index (χ2n) is 4.62. The van der Waals surface area contributed by atoms with Crippen LogP contribution in [0.1, 0.15) is 23.1 Å². The first-order valence-electron chi connectivity index (χ1n) is 6.43. The molecule has 0 saturated carbocycles. The standard InChI is InChI=1S/C16H18ClNO2/c1-20-14-7-5-11(6-8-14)15(10-18)16(19)12-3-2-4-13(17)9-12/h2-9,15-16,19H,10,18H2,1H3. The van der Waals surface area contributed by atoms with E-state index in [2.05, 4.69) is 0 Å². The summed E-state index contributed by atoms with van der Waals surface area (Å²) in [6.07, 6.45) is -0.688. The van der Waals surface area contributed by atoms with Crippen molar-refractivity contribution >= 4 is 11.6 Å². The number of ether oxygens (including phenoxy) is 1. The maximum atomic E-state index is 10.5. The fourth-order valence-electron chi connectivity index (χ4n) is 2.22. The van der Waals surface area contributed by atoms with Crippen LogP contribution in [0.4, 0.5) is 0 Å². The van der Waals surface area contributed by atoms with Crippen LogP contribution in [0.2, 0.25) is 5.02 Å². The molecule has 20 heavy (non-hydrogen) atoms. The predicted molar refractivity (Wildman–Crippen MR) is 81.2 cm³/mol. The summed E-state index contributed by atoms with van der Waals surface area (Å²) in [6, 6.07) is 14.8. The van der Waals surface area contributed by atoms with Crippen molar-refractivity contribution in [1.82, 2.24) is 0 Å². The highest BCUT2D eigenvalue weighted by Gasteiger charge is 2.21. The number of nitrogens with two attached hydrogens (primary N) is 1. The number of aliphatic hydroxyl groups is 1. The Morgan fingerprint density at radius 1 is 1.15 bits per heavy atom. The molecule has 0 spiro atoms. The molecule has 0 aromatic heterocycles. The average molecular weight is 292 g/mol. The first-order valence-corrected chi connectivity index (χ1v) is 6.81. The molecule has 0 aliphatic carbocycles. The van der Waals surface area contributed by atoms with Gasteiger partial charge in [0.05, 0.1) is 13.2 Å². The molecule has 0 amide bonds. The van der Waals surface area contributed by atoms with Crippen LogP contribution in [0.15, 0.2) is 48.5 Å². The molecule has 3 N–H and O–H groups in total. The summed E-state index contributed by atoms with van der Waals surface area (Å²) in [5.74, 6) is 0.598. The largest absolute Gasteiger partial charge is 0.497 e. The van der Waals surface area contributed by atoms with Crippen molar-refractivity contribution in [1.29, 1.82) is 0 Å². The Labute approximate surface area is 123 Å². The van der Waals surface area contributed by atoms with Crippen LogP contribution in [-0.2, 0) is 0 Å². The highest BCUT2D eigenvalue weighted by atomic mass is 35.5. The van der Waals surface area contributed by atoms with Crippen molar-refractivity contribution in [3.63, 3.8) is 0 Å². The van der Waals surface area contributed by atoms with Gasteiger partial charge in [0.15, 0.2) is 0 Å². The van der Waals surface area contributed by atoms with Crippen LogP contribution in [0.5, 0.6) is 5.75 Å². The normalized spacial score (nSPS) is 13.8. The van der Waals surface area contributed by atoms with Gasteiger partial charge in [0, 0.05) is 17.5 Å². The lowest BCUT2D eigenvalue weighted by Gasteiger charge is -2.22. The van der Waals surface area contributed by atoms with Crippen LogP contribution >= 0.6 is 11.6 Å². The van der Waals surface area contributed by atoms with E-state index in [0.29, 0.717) is 11.6 Å². The van der Waals surface area contributed by atoms with Gasteiger partial charge in [-0.2, -0.15) is 0 Å². The van der Waals surface area contributed by atoms with Gasteiger partial charge in [-0.15, -0.1) is 0 Å². The van der Waals surface area contributed by atoms with Gasteiger partial charge in [0.1, 0.15) is 5.75 Å². The second-order valence-corrected chi connectivity index (χ2v) is 5.05. The summed E-state index contributed by atoms with van der Waals surface area (Å²) in [5.41, 5.74) is 7.57. The molecular formula is C16H18ClNO2. The molecule has 2 rings (SSSR count). The quantitative estimate of drug-likeness (QED) is 0.890. The molecular weight excluding hydrogens is 274 g/mol. The Morgan fingerprint density at radius 2 is 1.85 bits per heavy atom. The van der Waals surface area contributed by atoms with Crippen molar-refractivity contribution in [2.24, 2.45) is 5.73 Å². The lowest BCUT2D eigenvalue weighted by molar-refractivity contribution is 0.147. The van der Waals surface area contributed by atoms with Crippen LogP contribution in [0, 0.1) is 0 Å². The highest BCUT2D eigenvalue weighted by Crippen LogP contribution is 2.32. The van der Waals surface area contributed by atoms with Crippen molar-refractivity contribution in [2.75, 3.05) is 13.7 Å². The van der Waals surface area contributed by atoms with Crippen molar-refractivity contribution in [3.8, 4) is 5.75 Å². The third-order valence-corrected chi connectivity index (χ3v) is 3.60. The summed E-state index contributed by atoms with van der Waals surface area (Å²) in [7, 11) is 1.62. The second kappa shape index (κ2) is 6.75. The third kappa shape index (κ3) is 3.31. The van der Waals surface area contributed by atoms with Crippen molar-refractivity contribution < 1.29 is 9.84 Å². The molecule has 0 aliphatic rings. The molecule has 0 saturated heterocycles. The van der Waals surface area contributed by atoms with Gasteiger partial charge >= 0.3 is 0 Å². The monoisotopic (exact) mass is 291 g/mol. The third-order valence-electron chi connectivity index (χ3n) is 3.37. The molecule has 0 fully saturated rings. The maximum Gasteiger partial charge on any atom is 0.118 e. The molecule has 2 unspecified atom stereocenters. The van der Waals surface area contributed by atoms with E-state index >= 15 is 0 Å². The van der Waals surface area contributed by atoms with E-state index in [9.17, 15) is 5.11 Å². The highest BCUT2D eigenvalue weighted by molar-refractivity contribution is 6.30. The molecule has 3 nitrogen and oxygen atoms in total. The van der Waals surface area contributed by atoms with Gasteiger partial charge in [-0.25, -0.2) is 0 Å². The molecule has 4 heteroatoms. The Hall–Kier alpha value is -1.55. The van der Waals surface area contributed by atoms with E-state index < -0.39 is 6.10 Å². The number of hydrogen-bond donors (Lipinski definition) is 2. The summed E-state index contributed by atoms with van der Waals surface area (Å²) in [4.78, 5) is 0. The zero-order valence-corrected chi connectivity index (χ0v) is 12.0. The minimum Gasteiger partial charge on any atom is -0.497 e. The smallest absolute Gasteiger partial charge is 0.118 e. The van der Waals surface area contributed by atoms with Crippen LogP contribution in [-0.4, -0.2) is 18.8 Å². The molecule has 106 valence electrons. The molecule has 2 aromatic carbocycles. The van der Waals surface area contributed by atoms with Crippen LogP contribution < -0.4 is 10.5 Å². The molecule has 0 bridgehead atoms. The topological polar surface area (TPSA) is 55.5 Å². The maximum absolute atomic E-state index is 10.5. The van der Waals surface area contributed by atoms with E-state index in [1.807, 2.05) is 36.4 Å². The summed E-state index contributed by atoms with van der Waals surface area (Å²) >= 11 is 5.96. The number of methoxy groups -OCH3 is 1. The first-order chi connectivity index (χ1) is 9.65. The Balaban J connectivity index is 2.26. The first kappa shape index (κ1) is 14.9. The van der Waals surface area contributed by atoms with E-state index in [4.69, 9.17) is 22.1 Å². The van der Waals surface area contributed by atoms with E-state index in [0.717, 1.165) is 16.9 Å². The number of hydrogen-bond acceptors (Lipinski definition) is 3. The van der Waals surface area contributed by atoms with E-state index in [1.54, 1.807) is 19.2 Å². The van der Waals surface area contributed by atoms with Crippen LogP contribution in [0.3, 0.4) is 0 Å². The number of benzene rings is 2. The Kier molecular flexibility index (Phi) is 5.01. The lowest BCUT2D eigenvalue weighted by Crippen LogP contribution is -2.20. The predicted octanol–water partition coefficient (Wildman–Crippen LogP) is 3.12. The van der Waals surface area contributed by atoms with Gasteiger partial charge in [0.2, 0.25) is 0 Å². The zero-order valence-electron chi connectivity index (χ0n) is 11.3. The zero-order chi connectivity index (χ0) is 14.5. The lowest BCUT2D eigenvalue weighted by atomic mass is 9.89. The van der Waals surface area contributed by atoms with Crippen LogP contribution in [0.25, 0.3) is 0 Å². The fourth-order valence-corrected chi connectivity index (χ4v) is 2.42. The van der Waals surface area contributed by atoms with Gasteiger partial charge in [0.25, 0.3) is 0 Å². The SMILES string of the molecule is COc1ccc(C(CN)C(O)c2cccc(Cl)c2)cc1. The molecule has 0 heterocycles. The van der Waals surface area contributed by atoms with Gasteiger partial charge in [-0.1, -0.05) is 35.9 Å². The minimum absolute atomic E-state index is 0.181. The van der Waals surface area contributed by atoms with Crippen molar-refractivity contribution in [3.05, 3.63) is 64.7 Å². The van der Waals surface area contributed by atoms with E-state index in [1.165, 1.54) is 0 Å². The van der Waals surface area contributed by atoms with Gasteiger partial charge in [-0.3, -0.25) is 0 Å². The fraction of sp³-hybridized carbons (Fsp3) is 0.250. The van der Waals surface area contributed by atoms with Gasteiger partial charge < -0.3 is 15.6 Å². The van der Waals surface area contributed by atoms with Crippen molar-refractivity contribution in [2.45, 2.75) is 12.0 Å².